The Bertz CT molecular complexity index is 385. The molecule has 0 aliphatic carbocycles. The number of carbonyl (C=O) groups is 2. The van der Waals surface area contributed by atoms with E-state index in [2.05, 4.69) is 5.16 Å². The van der Waals surface area contributed by atoms with Crippen molar-refractivity contribution in [1.29, 1.82) is 0 Å². The number of rotatable bonds is 2. The third-order valence-corrected chi connectivity index (χ3v) is 2.92. The van der Waals surface area contributed by atoms with Crippen LogP contribution in [0.3, 0.4) is 0 Å². The van der Waals surface area contributed by atoms with Gasteiger partial charge in [-0.15, -0.1) is 0 Å². The van der Waals surface area contributed by atoms with E-state index in [4.69, 9.17) is 14.7 Å². The molecule has 1 saturated heterocycles. The van der Waals surface area contributed by atoms with E-state index >= 15 is 0 Å². The van der Waals surface area contributed by atoms with Crippen molar-refractivity contribution in [2.75, 3.05) is 13.1 Å². The van der Waals surface area contributed by atoms with E-state index in [1.54, 1.807) is 4.90 Å². The minimum absolute atomic E-state index is 0.0221. The molecule has 2 aliphatic heterocycles. The molecular formula is C11H16N2O5. The number of carboxylic acid groups (broad SMARTS) is 1. The van der Waals surface area contributed by atoms with Crippen LogP contribution in [0.1, 0.15) is 20.3 Å². The molecule has 0 aromatic heterocycles. The Morgan fingerprint density at radius 1 is 1.33 bits per heavy atom. The van der Waals surface area contributed by atoms with Crippen LogP contribution in [-0.4, -0.2) is 59.0 Å². The fourth-order valence-corrected chi connectivity index (χ4v) is 2.20. The average molecular weight is 256 g/mol. The summed E-state index contributed by atoms with van der Waals surface area (Å²) in [6, 6.07) is 0. The Balaban J connectivity index is 1.95. The normalized spacial score (nSPS) is 31.8. The lowest BCUT2D eigenvalue weighted by Crippen LogP contribution is -2.51. The SMILES string of the molecule is C[C@@H]1CN(C(=O)C2CC(C(=O)O)=NO2)C[C@H](C)O1. The van der Waals surface area contributed by atoms with Crippen LogP contribution in [0, 0.1) is 0 Å². The van der Waals surface area contributed by atoms with Crippen molar-refractivity contribution < 1.29 is 24.3 Å². The molecule has 2 heterocycles. The topological polar surface area (TPSA) is 88.4 Å². The predicted octanol–water partition coefficient (Wildman–Crippen LogP) is -0.148. The molecule has 1 fully saturated rings. The minimum Gasteiger partial charge on any atom is -0.477 e. The van der Waals surface area contributed by atoms with E-state index in [1.165, 1.54) is 0 Å². The van der Waals surface area contributed by atoms with Gasteiger partial charge >= 0.3 is 5.97 Å². The standard InChI is InChI=1S/C11H16N2O5/c1-6-4-13(5-7(2)17-6)10(14)9-3-8(11(15)16)12-18-9/h6-7,9H,3-5H2,1-2H3,(H,15,16)/t6-,7+,9?. The summed E-state index contributed by atoms with van der Waals surface area (Å²) in [5.41, 5.74) is -0.109. The van der Waals surface area contributed by atoms with Crippen LogP contribution < -0.4 is 0 Å². The Kier molecular flexibility index (Phi) is 3.51. The summed E-state index contributed by atoms with van der Waals surface area (Å²) in [6.07, 6.45) is -0.847. The second-order valence-electron chi connectivity index (χ2n) is 4.64. The molecule has 18 heavy (non-hydrogen) atoms. The van der Waals surface area contributed by atoms with Crippen molar-refractivity contribution in [2.45, 2.75) is 38.6 Å². The number of hydrogen-bond acceptors (Lipinski definition) is 5. The number of nitrogens with zero attached hydrogens (tertiary/aromatic N) is 2. The maximum absolute atomic E-state index is 12.1. The highest BCUT2D eigenvalue weighted by Gasteiger charge is 2.36. The number of hydrogen-bond donors (Lipinski definition) is 1. The first-order valence-corrected chi connectivity index (χ1v) is 5.87. The Hall–Kier alpha value is -1.63. The molecule has 0 saturated carbocycles. The van der Waals surface area contributed by atoms with E-state index in [1.807, 2.05) is 13.8 Å². The first-order valence-electron chi connectivity index (χ1n) is 5.87. The molecular weight excluding hydrogens is 240 g/mol. The zero-order valence-electron chi connectivity index (χ0n) is 10.3. The second kappa shape index (κ2) is 4.93. The summed E-state index contributed by atoms with van der Waals surface area (Å²) in [5.74, 6) is -1.37. The maximum Gasteiger partial charge on any atom is 0.353 e. The molecule has 0 radical (unpaired) electrons. The number of carbonyl (C=O) groups excluding carboxylic acids is 1. The first-order chi connectivity index (χ1) is 8.47. The van der Waals surface area contributed by atoms with Crippen LogP contribution in [0.4, 0.5) is 0 Å². The molecule has 0 spiro atoms. The van der Waals surface area contributed by atoms with Crippen molar-refractivity contribution in [2.24, 2.45) is 5.16 Å². The predicted molar refractivity (Wildman–Crippen MR) is 61.1 cm³/mol. The molecule has 0 aromatic carbocycles. The van der Waals surface area contributed by atoms with Gasteiger partial charge in [-0.05, 0) is 13.8 Å². The Labute approximate surface area is 104 Å². The third kappa shape index (κ3) is 2.61. The highest BCUT2D eigenvalue weighted by atomic mass is 16.6. The van der Waals surface area contributed by atoms with E-state index in [0.717, 1.165) is 0 Å². The van der Waals surface area contributed by atoms with Crippen LogP contribution >= 0.6 is 0 Å². The van der Waals surface area contributed by atoms with Crippen molar-refractivity contribution in [3.05, 3.63) is 0 Å². The highest BCUT2D eigenvalue weighted by molar-refractivity contribution is 6.36. The first kappa shape index (κ1) is 12.8. The number of amides is 1. The molecule has 1 unspecified atom stereocenters. The maximum atomic E-state index is 12.1. The quantitative estimate of drug-likeness (QED) is 0.742. The number of carboxylic acids is 1. The van der Waals surface area contributed by atoms with Crippen LogP contribution in [0.5, 0.6) is 0 Å². The van der Waals surface area contributed by atoms with Gasteiger partial charge < -0.3 is 19.6 Å². The Morgan fingerprint density at radius 2 is 1.94 bits per heavy atom. The summed E-state index contributed by atoms with van der Waals surface area (Å²) in [7, 11) is 0. The van der Waals surface area contributed by atoms with Crippen molar-refractivity contribution >= 4 is 17.6 Å². The van der Waals surface area contributed by atoms with E-state index < -0.39 is 12.1 Å². The van der Waals surface area contributed by atoms with Crippen LogP contribution in [0.15, 0.2) is 5.16 Å². The lowest BCUT2D eigenvalue weighted by atomic mass is 10.1. The van der Waals surface area contributed by atoms with Gasteiger partial charge in [0.1, 0.15) is 0 Å². The molecule has 7 nitrogen and oxygen atoms in total. The van der Waals surface area contributed by atoms with E-state index in [0.29, 0.717) is 13.1 Å². The second-order valence-corrected chi connectivity index (χ2v) is 4.64. The molecule has 0 bridgehead atoms. The van der Waals surface area contributed by atoms with Crippen molar-refractivity contribution in [3.8, 4) is 0 Å². The Morgan fingerprint density at radius 3 is 2.44 bits per heavy atom. The minimum atomic E-state index is -1.14. The fourth-order valence-electron chi connectivity index (χ4n) is 2.20. The van der Waals surface area contributed by atoms with Crippen molar-refractivity contribution in [1.82, 2.24) is 4.90 Å². The monoisotopic (exact) mass is 256 g/mol. The molecule has 2 rings (SSSR count). The molecule has 7 heteroatoms. The van der Waals surface area contributed by atoms with Gasteiger partial charge in [0.25, 0.3) is 5.91 Å². The largest absolute Gasteiger partial charge is 0.477 e. The van der Waals surface area contributed by atoms with E-state index in [9.17, 15) is 9.59 Å². The van der Waals surface area contributed by atoms with E-state index in [-0.39, 0.29) is 30.2 Å². The number of morpholine rings is 1. The average Bonchev–Trinajstić information content (AvgIpc) is 2.75. The van der Waals surface area contributed by atoms with Gasteiger partial charge in [-0.2, -0.15) is 0 Å². The lowest BCUT2D eigenvalue weighted by Gasteiger charge is -2.36. The van der Waals surface area contributed by atoms with Gasteiger partial charge in [0, 0.05) is 19.5 Å². The summed E-state index contributed by atoms with van der Waals surface area (Å²) in [6.45, 7) is 4.77. The summed E-state index contributed by atoms with van der Waals surface area (Å²) in [4.78, 5) is 29.4. The smallest absolute Gasteiger partial charge is 0.353 e. The zero-order chi connectivity index (χ0) is 13.3. The highest BCUT2D eigenvalue weighted by Crippen LogP contribution is 2.17. The van der Waals surface area contributed by atoms with Crippen molar-refractivity contribution in [3.63, 3.8) is 0 Å². The molecule has 1 N–H and O–H groups in total. The molecule has 2 aliphatic rings. The molecule has 100 valence electrons. The molecule has 0 aromatic rings. The third-order valence-electron chi connectivity index (χ3n) is 2.92. The van der Waals surface area contributed by atoms with Crippen LogP contribution in [0.25, 0.3) is 0 Å². The number of aliphatic carboxylic acids is 1. The lowest BCUT2D eigenvalue weighted by molar-refractivity contribution is -0.153. The molecule has 1 amide bonds. The summed E-state index contributed by atoms with van der Waals surface area (Å²) in [5, 5.41) is 12.2. The zero-order valence-corrected chi connectivity index (χ0v) is 10.3. The van der Waals surface area contributed by atoms with Gasteiger partial charge in [0.05, 0.1) is 12.2 Å². The fraction of sp³-hybridized carbons (Fsp3) is 0.727. The van der Waals surface area contributed by atoms with Gasteiger partial charge in [0.15, 0.2) is 5.71 Å². The van der Waals surface area contributed by atoms with Crippen LogP contribution in [0.2, 0.25) is 0 Å². The summed E-state index contributed by atoms with van der Waals surface area (Å²) < 4.78 is 5.53. The van der Waals surface area contributed by atoms with Gasteiger partial charge in [-0.3, -0.25) is 4.79 Å². The van der Waals surface area contributed by atoms with Gasteiger partial charge in [-0.25, -0.2) is 4.79 Å². The van der Waals surface area contributed by atoms with Gasteiger partial charge in [0.2, 0.25) is 6.10 Å². The molecule has 3 atom stereocenters. The number of ether oxygens (including phenoxy) is 1. The number of oxime groups is 1. The van der Waals surface area contributed by atoms with Gasteiger partial charge in [-0.1, -0.05) is 5.16 Å². The van der Waals surface area contributed by atoms with Crippen LogP contribution in [-0.2, 0) is 19.2 Å². The summed E-state index contributed by atoms with van der Waals surface area (Å²) >= 11 is 0.